The van der Waals surface area contributed by atoms with E-state index in [0.717, 1.165) is 4.57 Å². The molecule has 0 bridgehead atoms. The molecular weight excluding hydrogens is 389 g/mol. The number of carbonyl (C=O) groups is 1. The van der Waals surface area contributed by atoms with Crippen molar-refractivity contribution in [2.45, 2.75) is 32.0 Å². The summed E-state index contributed by atoms with van der Waals surface area (Å²) in [6, 6.07) is 6.34. The highest BCUT2D eigenvalue weighted by molar-refractivity contribution is 5.85. The smallest absolute Gasteiger partial charge is 0.320 e. The van der Waals surface area contributed by atoms with E-state index < -0.39 is 12.6 Å². The third-order valence-corrected chi connectivity index (χ3v) is 4.11. The summed E-state index contributed by atoms with van der Waals surface area (Å²) < 4.78 is 33.0. The van der Waals surface area contributed by atoms with E-state index in [1.54, 1.807) is 24.3 Å². The van der Waals surface area contributed by atoms with Gasteiger partial charge in [0.05, 0.1) is 23.7 Å². The Morgan fingerprint density at radius 2 is 2.15 bits per heavy atom. The van der Waals surface area contributed by atoms with E-state index in [0.29, 0.717) is 24.2 Å². The number of amides is 1. The molecule has 1 fully saturated rings. The number of para-hydroxylation sites is 2. The fourth-order valence-electron chi connectivity index (χ4n) is 2.92. The number of hydrogen-bond acceptors (Lipinski definition) is 4. The van der Waals surface area contributed by atoms with Crippen LogP contribution in [0.1, 0.15) is 19.3 Å². The first-order valence-electron chi connectivity index (χ1n) is 7.94. The van der Waals surface area contributed by atoms with Gasteiger partial charge in [-0.1, -0.05) is 12.1 Å². The second-order valence-electron chi connectivity index (χ2n) is 5.71. The van der Waals surface area contributed by atoms with Gasteiger partial charge in [0.15, 0.2) is 0 Å². The molecule has 0 spiro atoms. The van der Waals surface area contributed by atoms with Gasteiger partial charge in [-0.25, -0.2) is 4.98 Å². The number of nitrogens with one attached hydrogen (secondary N) is 2. The maximum absolute atomic E-state index is 13.3. The third kappa shape index (κ3) is 4.82. The van der Waals surface area contributed by atoms with Crippen molar-refractivity contribution in [2.24, 2.45) is 0 Å². The highest BCUT2D eigenvalue weighted by Gasteiger charge is 2.28. The maximum atomic E-state index is 13.3. The van der Waals surface area contributed by atoms with Crippen LogP contribution < -0.4 is 10.6 Å². The van der Waals surface area contributed by atoms with Crippen LogP contribution in [0.2, 0.25) is 0 Å². The summed E-state index contributed by atoms with van der Waals surface area (Å²) in [5.74, 6) is 0.0642. The van der Waals surface area contributed by atoms with Gasteiger partial charge in [-0.05, 0) is 19.1 Å². The zero-order valence-corrected chi connectivity index (χ0v) is 15.8. The summed E-state index contributed by atoms with van der Waals surface area (Å²) in [4.78, 5) is 16.4. The second kappa shape index (κ2) is 10.0. The van der Waals surface area contributed by atoms with Gasteiger partial charge in [0.25, 0.3) is 0 Å². The lowest BCUT2D eigenvalue weighted by atomic mass is 10.1. The number of fused-ring (bicyclic) bond motifs is 1. The summed E-state index contributed by atoms with van der Waals surface area (Å²) in [5.41, 5.74) is 0.917. The molecule has 0 radical (unpaired) electrons. The molecule has 0 saturated carbocycles. The molecule has 2 heterocycles. The van der Waals surface area contributed by atoms with Gasteiger partial charge in [0.2, 0.25) is 5.91 Å². The Kier molecular flexibility index (Phi) is 8.69. The van der Waals surface area contributed by atoms with Crippen molar-refractivity contribution in [1.29, 1.82) is 0 Å². The van der Waals surface area contributed by atoms with Gasteiger partial charge in [0.1, 0.15) is 11.9 Å². The Morgan fingerprint density at radius 1 is 1.42 bits per heavy atom. The van der Waals surface area contributed by atoms with Crippen LogP contribution in [-0.2, 0) is 16.0 Å². The van der Waals surface area contributed by atoms with Crippen LogP contribution in [0.15, 0.2) is 24.3 Å². The zero-order valence-electron chi connectivity index (χ0n) is 14.2. The van der Waals surface area contributed by atoms with Crippen molar-refractivity contribution >= 4 is 41.8 Å². The predicted octanol–water partition coefficient (Wildman–Crippen LogP) is 2.31. The average molecular weight is 411 g/mol. The van der Waals surface area contributed by atoms with Crippen LogP contribution >= 0.6 is 24.8 Å². The first kappa shape index (κ1) is 22.6. The first-order chi connectivity index (χ1) is 11.6. The number of morpholine rings is 1. The summed E-state index contributed by atoms with van der Waals surface area (Å²) >= 11 is 0. The maximum Gasteiger partial charge on any atom is 0.320 e. The van der Waals surface area contributed by atoms with Gasteiger partial charge >= 0.3 is 6.55 Å². The molecule has 1 aromatic heterocycles. The Labute approximate surface area is 162 Å². The number of alkyl halides is 2. The number of hydrogen-bond donors (Lipinski definition) is 2. The fourth-order valence-corrected chi connectivity index (χ4v) is 2.92. The highest BCUT2D eigenvalue weighted by Crippen LogP contribution is 2.23. The molecule has 1 saturated heterocycles. The Morgan fingerprint density at radius 3 is 2.85 bits per heavy atom. The van der Waals surface area contributed by atoms with E-state index >= 15 is 0 Å². The number of rotatable bonds is 5. The summed E-state index contributed by atoms with van der Waals surface area (Å²) in [6.45, 7) is 0.580. The number of nitrogens with zero attached hydrogens (tertiary/aromatic N) is 2. The SMILES string of the molecule is C[C@H]1OCCN[C@@H]1C(=O)NCCc1nc2ccccc2n1C(F)F.Cl.Cl. The molecule has 2 atom stereocenters. The van der Waals surface area contributed by atoms with Crippen molar-refractivity contribution in [3.05, 3.63) is 30.1 Å². The molecule has 2 N–H and O–H groups in total. The molecule has 2 aromatic rings. The van der Waals surface area contributed by atoms with Crippen LogP contribution in [0.25, 0.3) is 11.0 Å². The molecule has 1 aliphatic rings. The van der Waals surface area contributed by atoms with Gasteiger partial charge in [-0.3, -0.25) is 9.36 Å². The van der Waals surface area contributed by atoms with E-state index in [4.69, 9.17) is 4.74 Å². The first-order valence-corrected chi connectivity index (χ1v) is 7.94. The van der Waals surface area contributed by atoms with Crippen LogP contribution in [-0.4, -0.2) is 47.3 Å². The minimum Gasteiger partial charge on any atom is -0.375 e. The molecular formula is C16H22Cl2F2N4O2. The molecule has 1 aromatic carbocycles. The van der Waals surface area contributed by atoms with E-state index in [-0.39, 0.29) is 55.6 Å². The van der Waals surface area contributed by atoms with E-state index in [9.17, 15) is 13.6 Å². The van der Waals surface area contributed by atoms with Crippen LogP contribution in [0.3, 0.4) is 0 Å². The Balaban J connectivity index is 0.00000169. The van der Waals surface area contributed by atoms with Crippen LogP contribution in [0.4, 0.5) is 8.78 Å². The van der Waals surface area contributed by atoms with Crippen molar-refractivity contribution in [3.63, 3.8) is 0 Å². The number of halogens is 4. The number of ether oxygens (including phenoxy) is 1. The van der Waals surface area contributed by atoms with E-state index in [1.165, 1.54) is 0 Å². The largest absolute Gasteiger partial charge is 0.375 e. The molecule has 3 rings (SSSR count). The van der Waals surface area contributed by atoms with E-state index in [1.807, 2.05) is 6.92 Å². The fraction of sp³-hybridized carbons (Fsp3) is 0.500. The van der Waals surface area contributed by atoms with Gasteiger partial charge < -0.3 is 15.4 Å². The minimum atomic E-state index is -2.67. The van der Waals surface area contributed by atoms with Crippen molar-refractivity contribution in [3.8, 4) is 0 Å². The van der Waals surface area contributed by atoms with Crippen molar-refractivity contribution in [2.75, 3.05) is 19.7 Å². The predicted molar refractivity (Wildman–Crippen MR) is 99.4 cm³/mol. The lowest BCUT2D eigenvalue weighted by Crippen LogP contribution is -2.55. The molecule has 0 aliphatic carbocycles. The topological polar surface area (TPSA) is 68.2 Å². The van der Waals surface area contributed by atoms with Gasteiger partial charge in [0, 0.05) is 19.5 Å². The van der Waals surface area contributed by atoms with E-state index in [2.05, 4.69) is 15.6 Å². The lowest BCUT2D eigenvalue weighted by Gasteiger charge is -2.29. The average Bonchev–Trinajstić information content (AvgIpc) is 2.93. The standard InChI is InChI=1S/C16H20F2N4O2.2ClH/c1-10-14(19-8-9-24-10)15(23)20-7-6-13-21-11-4-2-3-5-12(11)22(13)16(17)18;;/h2-5,10,14,16,19H,6-9H2,1H3,(H,20,23);2*1H/t10-,14+;;/m1../s1. The second-order valence-corrected chi connectivity index (χ2v) is 5.71. The van der Waals surface area contributed by atoms with Crippen molar-refractivity contribution in [1.82, 2.24) is 20.2 Å². The number of benzene rings is 1. The third-order valence-electron chi connectivity index (χ3n) is 4.11. The summed E-state index contributed by atoms with van der Waals surface area (Å²) in [5, 5.41) is 5.85. The number of aromatic nitrogens is 2. The Hall–Kier alpha value is -1.48. The molecule has 1 aliphatic heterocycles. The Bertz CT molecular complexity index is 729. The minimum absolute atomic E-state index is 0. The lowest BCUT2D eigenvalue weighted by molar-refractivity contribution is -0.128. The number of carbonyl (C=O) groups excluding carboxylic acids is 1. The number of imidazole rings is 1. The summed E-state index contributed by atoms with van der Waals surface area (Å²) in [7, 11) is 0. The molecule has 1 amide bonds. The van der Waals surface area contributed by atoms with Gasteiger partial charge in [-0.15, -0.1) is 24.8 Å². The van der Waals surface area contributed by atoms with Gasteiger partial charge in [-0.2, -0.15) is 8.78 Å². The van der Waals surface area contributed by atoms with Crippen molar-refractivity contribution < 1.29 is 18.3 Å². The monoisotopic (exact) mass is 410 g/mol. The molecule has 6 nitrogen and oxygen atoms in total. The quantitative estimate of drug-likeness (QED) is 0.793. The van der Waals surface area contributed by atoms with Crippen LogP contribution in [0.5, 0.6) is 0 Å². The normalized spacial score (nSPS) is 19.7. The summed E-state index contributed by atoms with van der Waals surface area (Å²) in [6.07, 6.45) is 0.0107. The molecule has 10 heteroatoms. The van der Waals surface area contributed by atoms with Crippen LogP contribution in [0, 0.1) is 0 Å². The molecule has 0 unspecified atom stereocenters. The molecule has 146 valence electrons. The zero-order chi connectivity index (χ0) is 17.1. The highest BCUT2D eigenvalue weighted by atomic mass is 35.5. The molecule has 26 heavy (non-hydrogen) atoms.